The second-order valence-electron chi connectivity index (χ2n) is 6.25. The molecule has 0 aliphatic carbocycles. The number of unbranched alkanes of at least 4 members (excludes halogenated alkanes) is 1. The number of nitrogens with one attached hydrogen (secondary N) is 1. The zero-order valence-corrected chi connectivity index (χ0v) is 16.5. The summed E-state index contributed by atoms with van der Waals surface area (Å²) >= 11 is 0. The van der Waals surface area contributed by atoms with E-state index >= 15 is 0 Å². The fourth-order valence-electron chi connectivity index (χ4n) is 3.13. The van der Waals surface area contributed by atoms with E-state index in [2.05, 4.69) is 29.0 Å². The largest absolute Gasteiger partial charge is 0.490 e. The van der Waals surface area contributed by atoms with E-state index in [4.69, 9.17) is 4.74 Å². The number of ether oxygens (including phenoxy) is 1. The van der Waals surface area contributed by atoms with Crippen LogP contribution < -0.4 is 10.1 Å². The van der Waals surface area contributed by atoms with Crippen molar-refractivity contribution in [2.45, 2.75) is 47.0 Å². The third-order valence-electron chi connectivity index (χ3n) is 4.62. The average Bonchev–Trinajstić information content (AvgIpc) is 3.04. The molecule has 0 saturated carbocycles. The first-order valence-corrected chi connectivity index (χ1v) is 9.79. The maximum Gasteiger partial charge on any atom is 0.270 e. The third kappa shape index (κ3) is 4.75. The van der Waals surface area contributed by atoms with E-state index in [1.807, 2.05) is 36.6 Å². The number of aryl methyl sites for hydroxylation is 1. The number of imidazole rings is 1. The topological polar surface area (TPSA) is 58.9 Å². The van der Waals surface area contributed by atoms with Crippen molar-refractivity contribution < 1.29 is 9.53 Å². The van der Waals surface area contributed by atoms with Crippen LogP contribution in [-0.4, -0.2) is 53.0 Å². The Kier molecular flexibility index (Phi) is 7.91. The van der Waals surface area contributed by atoms with Crippen LogP contribution in [0, 0.1) is 0 Å². The predicted molar refractivity (Wildman–Crippen MR) is 105 cm³/mol. The predicted octanol–water partition coefficient (Wildman–Crippen LogP) is 3.15. The molecule has 0 bridgehead atoms. The number of hydrogen-bond donors (Lipinski definition) is 1. The average molecular weight is 361 g/mol. The minimum absolute atomic E-state index is 0.0640. The Bertz CT molecular complexity index is 707. The molecule has 2 aromatic heterocycles. The molecule has 0 saturated heterocycles. The summed E-state index contributed by atoms with van der Waals surface area (Å²) < 4.78 is 7.49. The van der Waals surface area contributed by atoms with Gasteiger partial charge in [0.25, 0.3) is 5.91 Å². The Labute approximate surface area is 156 Å². The van der Waals surface area contributed by atoms with Gasteiger partial charge in [0, 0.05) is 12.7 Å². The summed E-state index contributed by atoms with van der Waals surface area (Å²) in [6.45, 7) is 12.8. The Balaban J connectivity index is 2.04. The van der Waals surface area contributed by atoms with E-state index in [0.29, 0.717) is 36.7 Å². The lowest BCUT2D eigenvalue weighted by molar-refractivity contribution is 0.0945. The molecular formula is C20H32N4O2. The quantitative estimate of drug-likeness (QED) is 0.626. The van der Waals surface area contributed by atoms with Gasteiger partial charge in [-0.25, -0.2) is 4.98 Å². The Morgan fingerprint density at radius 1 is 1.23 bits per heavy atom. The molecule has 144 valence electrons. The second-order valence-corrected chi connectivity index (χ2v) is 6.25. The molecule has 26 heavy (non-hydrogen) atoms. The first kappa shape index (κ1) is 20.2. The molecule has 2 aromatic rings. The fourth-order valence-corrected chi connectivity index (χ4v) is 3.13. The summed E-state index contributed by atoms with van der Waals surface area (Å²) in [5.74, 6) is 0.647. The monoisotopic (exact) mass is 360 g/mol. The molecule has 0 spiro atoms. The maximum atomic E-state index is 12.8. The summed E-state index contributed by atoms with van der Waals surface area (Å²) in [6.07, 6.45) is 4.64. The molecule has 0 aliphatic heterocycles. The van der Waals surface area contributed by atoms with Gasteiger partial charge in [0.05, 0.1) is 12.3 Å². The summed E-state index contributed by atoms with van der Waals surface area (Å²) in [7, 11) is 0. The van der Waals surface area contributed by atoms with Crippen molar-refractivity contribution in [1.29, 1.82) is 0 Å². The standard InChI is InChI=1S/C20H32N4O2/c1-5-16-18(20(25)21-13-9-10-14-23(6-2)7-3)24-15-11-12-17(26-8-4)19(24)22-16/h11-12,15H,5-10,13-14H2,1-4H3,(H,21,25). The number of hydrogen-bond acceptors (Lipinski definition) is 4. The maximum absolute atomic E-state index is 12.8. The molecule has 0 unspecified atom stereocenters. The van der Waals surface area contributed by atoms with Crippen LogP contribution in [-0.2, 0) is 6.42 Å². The molecule has 0 aliphatic rings. The van der Waals surface area contributed by atoms with Crippen LogP contribution in [0.1, 0.15) is 56.7 Å². The fraction of sp³-hybridized carbons (Fsp3) is 0.600. The van der Waals surface area contributed by atoms with Crippen LogP contribution in [0.15, 0.2) is 18.3 Å². The van der Waals surface area contributed by atoms with E-state index < -0.39 is 0 Å². The van der Waals surface area contributed by atoms with Crippen molar-refractivity contribution in [3.63, 3.8) is 0 Å². The van der Waals surface area contributed by atoms with Crippen LogP contribution in [0.25, 0.3) is 5.65 Å². The molecule has 6 heteroatoms. The number of carbonyl (C=O) groups is 1. The van der Waals surface area contributed by atoms with E-state index in [9.17, 15) is 4.79 Å². The van der Waals surface area contributed by atoms with Gasteiger partial charge < -0.3 is 15.0 Å². The van der Waals surface area contributed by atoms with Gasteiger partial charge in [0.2, 0.25) is 0 Å². The van der Waals surface area contributed by atoms with Gasteiger partial charge in [-0.15, -0.1) is 0 Å². The minimum Gasteiger partial charge on any atom is -0.490 e. The summed E-state index contributed by atoms with van der Waals surface area (Å²) in [6, 6.07) is 3.78. The molecule has 6 nitrogen and oxygen atoms in total. The molecule has 0 aromatic carbocycles. The van der Waals surface area contributed by atoms with Crippen LogP contribution in [0.2, 0.25) is 0 Å². The zero-order valence-electron chi connectivity index (χ0n) is 16.5. The van der Waals surface area contributed by atoms with Gasteiger partial charge in [-0.2, -0.15) is 0 Å². The van der Waals surface area contributed by atoms with E-state index in [0.717, 1.165) is 38.2 Å². The van der Waals surface area contributed by atoms with Gasteiger partial charge in [-0.05, 0) is 58.0 Å². The highest BCUT2D eigenvalue weighted by molar-refractivity contribution is 5.95. The van der Waals surface area contributed by atoms with Crippen molar-refractivity contribution in [3.8, 4) is 5.75 Å². The van der Waals surface area contributed by atoms with Gasteiger partial charge >= 0.3 is 0 Å². The molecule has 0 atom stereocenters. The molecule has 2 rings (SSSR count). The molecule has 0 radical (unpaired) electrons. The Hall–Kier alpha value is -2.08. The lowest BCUT2D eigenvalue weighted by atomic mass is 10.2. The molecule has 2 heterocycles. The van der Waals surface area contributed by atoms with Gasteiger partial charge in [-0.3, -0.25) is 9.20 Å². The number of fused-ring (bicyclic) bond motifs is 1. The van der Waals surface area contributed by atoms with Crippen molar-refractivity contribution in [3.05, 3.63) is 29.7 Å². The normalized spacial score (nSPS) is 11.3. The first-order chi connectivity index (χ1) is 12.7. The van der Waals surface area contributed by atoms with Crippen molar-refractivity contribution >= 4 is 11.6 Å². The van der Waals surface area contributed by atoms with Crippen LogP contribution in [0.4, 0.5) is 0 Å². The van der Waals surface area contributed by atoms with Gasteiger partial charge in [-0.1, -0.05) is 20.8 Å². The van der Waals surface area contributed by atoms with E-state index in [-0.39, 0.29) is 5.91 Å². The Morgan fingerprint density at radius 2 is 2.00 bits per heavy atom. The lowest BCUT2D eigenvalue weighted by Crippen LogP contribution is -2.28. The van der Waals surface area contributed by atoms with Crippen molar-refractivity contribution in [2.75, 3.05) is 32.8 Å². The third-order valence-corrected chi connectivity index (χ3v) is 4.62. The number of carbonyl (C=O) groups excluding carboxylic acids is 1. The molecular weight excluding hydrogens is 328 g/mol. The van der Waals surface area contributed by atoms with Crippen molar-refractivity contribution in [2.24, 2.45) is 0 Å². The molecule has 1 amide bonds. The van der Waals surface area contributed by atoms with Crippen LogP contribution in [0.5, 0.6) is 5.75 Å². The first-order valence-electron chi connectivity index (χ1n) is 9.79. The summed E-state index contributed by atoms with van der Waals surface area (Å²) in [5.41, 5.74) is 2.13. The number of aromatic nitrogens is 2. The van der Waals surface area contributed by atoms with E-state index in [1.54, 1.807) is 0 Å². The van der Waals surface area contributed by atoms with Gasteiger partial charge in [0.1, 0.15) is 5.69 Å². The highest BCUT2D eigenvalue weighted by Gasteiger charge is 2.19. The minimum atomic E-state index is -0.0640. The molecule has 0 fully saturated rings. The zero-order chi connectivity index (χ0) is 18.9. The second kappa shape index (κ2) is 10.2. The van der Waals surface area contributed by atoms with Gasteiger partial charge in [0.15, 0.2) is 11.4 Å². The number of rotatable bonds is 11. The number of nitrogens with zero attached hydrogens (tertiary/aromatic N) is 3. The molecule has 1 N–H and O–H groups in total. The highest BCUT2D eigenvalue weighted by Crippen LogP contribution is 2.22. The van der Waals surface area contributed by atoms with Crippen LogP contribution in [0.3, 0.4) is 0 Å². The summed E-state index contributed by atoms with van der Waals surface area (Å²) in [5, 5.41) is 3.05. The van der Waals surface area contributed by atoms with Crippen LogP contribution >= 0.6 is 0 Å². The summed E-state index contributed by atoms with van der Waals surface area (Å²) in [4.78, 5) is 19.8. The smallest absolute Gasteiger partial charge is 0.270 e. The SMILES string of the molecule is CCOc1cccn2c(C(=O)NCCCCN(CC)CC)c(CC)nc12. The van der Waals surface area contributed by atoms with Crippen molar-refractivity contribution in [1.82, 2.24) is 19.6 Å². The number of pyridine rings is 1. The lowest BCUT2D eigenvalue weighted by Gasteiger charge is -2.17. The highest BCUT2D eigenvalue weighted by atomic mass is 16.5. The number of amides is 1. The van der Waals surface area contributed by atoms with E-state index in [1.165, 1.54) is 0 Å². The Morgan fingerprint density at radius 3 is 2.65 bits per heavy atom.